The second kappa shape index (κ2) is 11.0. The van der Waals surface area contributed by atoms with Gasteiger partial charge in [0.05, 0.1) is 24.6 Å². The van der Waals surface area contributed by atoms with Crippen molar-refractivity contribution in [2.45, 2.75) is 44.2 Å². The average molecular weight is 524 g/mol. The molecule has 1 saturated carbocycles. The molecule has 0 unspecified atom stereocenters. The summed E-state index contributed by atoms with van der Waals surface area (Å²) >= 11 is 6.45. The van der Waals surface area contributed by atoms with Gasteiger partial charge in [-0.05, 0) is 18.9 Å². The number of aromatic nitrogens is 1. The summed E-state index contributed by atoms with van der Waals surface area (Å²) in [4.78, 5) is 32.0. The molecular weight excluding hydrogens is 497 g/mol. The number of carbonyl (C=O) groups is 2. The molecule has 2 N–H and O–H groups in total. The number of anilines is 1. The highest BCUT2D eigenvalue weighted by molar-refractivity contribution is 7.87. The summed E-state index contributed by atoms with van der Waals surface area (Å²) in [5, 5.41) is 3.25. The molecule has 2 aliphatic rings. The molecule has 1 saturated heterocycles. The number of halogens is 2. The van der Waals surface area contributed by atoms with Crippen LogP contribution in [0.15, 0.2) is 42.7 Å². The van der Waals surface area contributed by atoms with E-state index in [1.165, 1.54) is 6.20 Å². The van der Waals surface area contributed by atoms with Gasteiger partial charge in [-0.25, -0.2) is 4.39 Å². The van der Waals surface area contributed by atoms with E-state index in [2.05, 4.69) is 15.0 Å². The quantitative estimate of drug-likeness (QED) is 0.491. The Hall–Kier alpha value is -2.60. The minimum absolute atomic E-state index is 0.00430. The van der Waals surface area contributed by atoms with Crippen molar-refractivity contribution >= 4 is 39.3 Å². The van der Waals surface area contributed by atoms with Gasteiger partial charge in [0.15, 0.2) is 0 Å². The summed E-state index contributed by atoms with van der Waals surface area (Å²) in [5.74, 6) is -1.96. The van der Waals surface area contributed by atoms with Gasteiger partial charge in [0.1, 0.15) is 11.9 Å². The first-order valence-corrected chi connectivity index (χ1v) is 13.3. The van der Waals surface area contributed by atoms with Gasteiger partial charge in [-0.3, -0.25) is 19.5 Å². The van der Waals surface area contributed by atoms with Crippen LogP contribution in [0.2, 0.25) is 5.02 Å². The molecule has 0 spiro atoms. The molecule has 2 amide bonds. The topological polar surface area (TPSA) is 111 Å². The molecular formula is C23H27ClFN5O4S. The van der Waals surface area contributed by atoms with Gasteiger partial charge in [-0.2, -0.15) is 17.4 Å². The van der Waals surface area contributed by atoms with Gasteiger partial charge >= 0.3 is 0 Å². The number of nitrogens with zero attached hydrogens (tertiary/aromatic N) is 3. The maximum absolute atomic E-state index is 14.2. The summed E-state index contributed by atoms with van der Waals surface area (Å²) < 4.78 is 42.1. The van der Waals surface area contributed by atoms with Crippen molar-refractivity contribution in [2.75, 3.05) is 24.5 Å². The number of hydrogen-bond donors (Lipinski definition) is 2. The standard InChI is InChI=1S/C23H27ClFN5O4S/c24-20-9-5-4-8-19(20)22(23(32)28-17-6-2-1-3-7-17)30(18-12-16(25)13-26-14-18)21(31)15-27-35(33,34)29-10-11-29/h4-5,8-9,12-14,17,22,27H,1-3,6-7,10-11,15H2,(H,28,32)/t22-/m1/s1. The van der Waals surface area contributed by atoms with Crippen molar-refractivity contribution < 1.29 is 22.4 Å². The highest BCUT2D eigenvalue weighted by Crippen LogP contribution is 2.33. The molecule has 2 aromatic rings. The predicted octanol–water partition coefficient (Wildman–Crippen LogP) is 2.55. The predicted molar refractivity (Wildman–Crippen MR) is 129 cm³/mol. The van der Waals surface area contributed by atoms with Crippen LogP contribution in [0.25, 0.3) is 0 Å². The molecule has 0 radical (unpaired) electrons. The summed E-state index contributed by atoms with van der Waals surface area (Å²) in [7, 11) is -3.83. The van der Waals surface area contributed by atoms with E-state index in [-0.39, 0.29) is 16.8 Å². The molecule has 1 aromatic heterocycles. The van der Waals surface area contributed by atoms with Crippen LogP contribution in [-0.4, -0.2) is 55.2 Å². The van der Waals surface area contributed by atoms with E-state index in [0.29, 0.717) is 18.7 Å². The normalized spacial score (nSPS) is 17.5. The molecule has 0 bridgehead atoms. The van der Waals surface area contributed by atoms with Gasteiger partial charge in [0.2, 0.25) is 11.8 Å². The number of benzene rings is 1. The van der Waals surface area contributed by atoms with Gasteiger partial charge in [-0.1, -0.05) is 49.1 Å². The highest BCUT2D eigenvalue weighted by Gasteiger charge is 2.37. The summed E-state index contributed by atoms with van der Waals surface area (Å²) in [5.41, 5.74) is 0.332. The SMILES string of the molecule is O=C(NC1CCCCC1)[C@@H](c1ccccc1Cl)N(C(=O)CNS(=O)(=O)N1CC1)c1cncc(F)c1. The molecule has 1 aliphatic heterocycles. The van der Waals surface area contributed by atoms with E-state index in [1.807, 2.05) is 0 Å². The lowest BCUT2D eigenvalue weighted by Gasteiger charge is -2.33. The number of amides is 2. The molecule has 9 nitrogen and oxygen atoms in total. The number of pyridine rings is 1. The van der Waals surface area contributed by atoms with Crippen LogP contribution >= 0.6 is 11.6 Å². The Labute approximate surface area is 208 Å². The summed E-state index contributed by atoms with van der Waals surface area (Å²) in [6.45, 7) is 0.104. The fourth-order valence-electron chi connectivity index (χ4n) is 4.20. The number of hydrogen-bond acceptors (Lipinski definition) is 5. The maximum Gasteiger partial charge on any atom is 0.280 e. The lowest BCUT2D eigenvalue weighted by atomic mass is 9.94. The summed E-state index contributed by atoms with van der Waals surface area (Å²) in [6, 6.07) is 6.31. The van der Waals surface area contributed by atoms with Crippen molar-refractivity contribution in [2.24, 2.45) is 0 Å². The van der Waals surface area contributed by atoms with E-state index in [1.54, 1.807) is 24.3 Å². The van der Waals surface area contributed by atoms with Crippen LogP contribution in [0.3, 0.4) is 0 Å². The molecule has 2 fully saturated rings. The van der Waals surface area contributed by atoms with Gasteiger partial charge < -0.3 is 5.32 Å². The second-order valence-electron chi connectivity index (χ2n) is 8.62. The zero-order valence-electron chi connectivity index (χ0n) is 19.0. The number of rotatable bonds is 9. The van der Waals surface area contributed by atoms with Crippen LogP contribution in [0.4, 0.5) is 10.1 Å². The third kappa shape index (κ3) is 6.35. The lowest BCUT2D eigenvalue weighted by Crippen LogP contribution is -2.50. The van der Waals surface area contributed by atoms with E-state index >= 15 is 0 Å². The van der Waals surface area contributed by atoms with Crippen LogP contribution in [0.1, 0.15) is 43.7 Å². The molecule has 1 aliphatic carbocycles. The van der Waals surface area contributed by atoms with Gasteiger partial charge in [0, 0.05) is 35.8 Å². The first-order chi connectivity index (χ1) is 16.8. The third-order valence-corrected chi connectivity index (χ3v) is 7.95. The summed E-state index contributed by atoms with van der Waals surface area (Å²) in [6.07, 6.45) is 6.90. The Morgan fingerprint density at radius 3 is 2.54 bits per heavy atom. The Morgan fingerprint density at radius 1 is 1.17 bits per heavy atom. The van der Waals surface area contributed by atoms with E-state index < -0.39 is 40.4 Å². The monoisotopic (exact) mass is 523 g/mol. The number of carbonyl (C=O) groups excluding carboxylic acids is 2. The van der Waals surface area contributed by atoms with Crippen LogP contribution in [0.5, 0.6) is 0 Å². The Balaban J connectivity index is 1.71. The number of nitrogens with one attached hydrogen (secondary N) is 2. The van der Waals surface area contributed by atoms with Crippen LogP contribution in [0, 0.1) is 5.82 Å². The largest absolute Gasteiger partial charge is 0.351 e. The minimum atomic E-state index is -3.83. The molecule has 1 aromatic carbocycles. The lowest BCUT2D eigenvalue weighted by molar-refractivity contribution is -0.127. The van der Waals surface area contributed by atoms with Crippen LogP contribution < -0.4 is 14.9 Å². The van der Waals surface area contributed by atoms with Crippen molar-refractivity contribution in [1.29, 1.82) is 0 Å². The van der Waals surface area contributed by atoms with E-state index in [0.717, 1.165) is 53.6 Å². The molecule has 12 heteroatoms. The van der Waals surface area contributed by atoms with Crippen molar-refractivity contribution in [1.82, 2.24) is 19.3 Å². The Morgan fingerprint density at radius 2 is 1.89 bits per heavy atom. The fourth-order valence-corrected chi connectivity index (χ4v) is 5.49. The first kappa shape index (κ1) is 25.5. The van der Waals surface area contributed by atoms with Gasteiger partial charge in [-0.15, -0.1) is 0 Å². The third-order valence-electron chi connectivity index (χ3n) is 6.05. The van der Waals surface area contributed by atoms with Crippen molar-refractivity contribution in [3.05, 3.63) is 59.1 Å². The van der Waals surface area contributed by atoms with Gasteiger partial charge in [0.25, 0.3) is 10.2 Å². The smallest absolute Gasteiger partial charge is 0.280 e. The second-order valence-corrected chi connectivity index (χ2v) is 10.8. The molecule has 2 heterocycles. The minimum Gasteiger partial charge on any atom is -0.351 e. The van der Waals surface area contributed by atoms with Crippen LogP contribution in [-0.2, 0) is 19.8 Å². The van der Waals surface area contributed by atoms with Crippen molar-refractivity contribution in [3.63, 3.8) is 0 Å². The van der Waals surface area contributed by atoms with E-state index in [9.17, 15) is 22.4 Å². The first-order valence-electron chi connectivity index (χ1n) is 11.5. The molecule has 35 heavy (non-hydrogen) atoms. The zero-order valence-corrected chi connectivity index (χ0v) is 20.6. The van der Waals surface area contributed by atoms with E-state index in [4.69, 9.17) is 11.6 Å². The fraction of sp³-hybridized carbons (Fsp3) is 0.435. The Kier molecular flexibility index (Phi) is 8.00. The zero-order chi connectivity index (χ0) is 25.0. The molecule has 1 atom stereocenters. The highest BCUT2D eigenvalue weighted by atomic mass is 35.5. The molecule has 188 valence electrons. The Bertz CT molecular complexity index is 1190. The van der Waals surface area contributed by atoms with Crippen molar-refractivity contribution in [3.8, 4) is 0 Å². The average Bonchev–Trinajstić information content (AvgIpc) is 3.69. The molecule has 4 rings (SSSR count). The maximum atomic E-state index is 14.2.